The first-order chi connectivity index (χ1) is 13.0. The van der Waals surface area contributed by atoms with Crippen molar-refractivity contribution in [3.05, 3.63) is 71.3 Å². The molecule has 1 fully saturated rings. The number of benzene rings is 2. The molecule has 0 radical (unpaired) electrons. The van der Waals surface area contributed by atoms with E-state index in [9.17, 15) is 12.8 Å². The van der Waals surface area contributed by atoms with Crippen molar-refractivity contribution >= 4 is 10.0 Å². The molecule has 2 heterocycles. The Bertz CT molecular complexity index is 1020. The summed E-state index contributed by atoms with van der Waals surface area (Å²) < 4.78 is 41.7. The maximum atomic E-state index is 13.5. The molecule has 2 atom stereocenters. The SMILES string of the molecule is Cc1ccc(S(=O)(=O)N2C(c3ccc(F)cc3)CCC2c2nn[nH]n2)cc1. The summed E-state index contributed by atoms with van der Waals surface area (Å²) in [7, 11) is -3.82. The Hall–Kier alpha value is -2.65. The second-order valence-corrected chi connectivity index (χ2v) is 8.42. The number of hydrogen-bond donors (Lipinski definition) is 1. The number of sulfonamides is 1. The minimum absolute atomic E-state index is 0.204. The number of nitrogens with one attached hydrogen (secondary N) is 1. The van der Waals surface area contributed by atoms with Gasteiger partial charge < -0.3 is 0 Å². The van der Waals surface area contributed by atoms with Crippen LogP contribution in [0.15, 0.2) is 53.4 Å². The predicted molar refractivity (Wildman–Crippen MR) is 95.5 cm³/mol. The van der Waals surface area contributed by atoms with E-state index in [0.717, 1.165) is 11.1 Å². The van der Waals surface area contributed by atoms with Crippen LogP contribution in [-0.4, -0.2) is 33.3 Å². The van der Waals surface area contributed by atoms with Gasteiger partial charge in [-0.1, -0.05) is 35.0 Å². The number of nitrogens with zero attached hydrogens (tertiary/aromatic N) is 4. The normalized spacial score (nSPS) is 20.8. The van der Waals surface area contributed by atoms with Crippen LogP contribution in [0.1, 0.15) is 41.9 Å². The van der Waals surface area contributed by atoms with E-state index in [1.165, 1.54) is 16.4 Å². The van der Waals surface area contributed by atoms with E-state index in [1.807, 2.05) is 6.92 Å². The molecule has 0 bridgehead atoms. The molecule has 2 unspecified atom stereocenters. The van der Waals surface area contributed by atoms with Gasteiger partial charge in [-0.2, -0.15) is 9.52 Å². The number of H-pyrrole nitrogens is 1. The van der Waals surface area contributed by atoms with Gasteiger partial charge in [0.1, 0.15) is 5.82 Å². The molecule has 1 saturated heterocycles. The zero-order chi connectivity index (χ0) is 19.0. The van der Waals surface area contributed by atoms with Gasteiger partial charge in [0.05, 0.1) is 17.0 Å². The highest BCUT2D eigenvalue weighted by Crippen LogP contribution is 2.46. The Morgan fingerprint density at radius 1 is 1.04 bits per heavy atom. The van der Waals surface area contributed by atoms with Crippen LogP contribution in [0, 0.1) is 12.7 Å². The summed E-state index contributed by atoms with van der Waals surface area (Å²) in [4.78, 5) is 0.204. The first-order valence-electron chi connectivity index (χ1n) is 8.56. The van der Waals surface area contributed by atoms with Gasteiger partial charge in [0.2, 0.25) is 10.0 Å². The van der Waals surface area contributed by atoms with Crippen LogP contribution < -0.4 is 0 Å². The summed E-state index contributed by atoms with van der Waals surface area (Å²) >= 11 is 0. The number of aromatic amines is 1. The van der Waals surface area contributed by atoms with Crippen molar-refractivity contribution in [3.63, 3.8) is 0 Å². The third-order valence-corrected chi connectivity index (χ3v) is 6.77. The molecule has 3 aromatic rings. The molecule has 9 heteroatoms. The number of halogens is 1. The second-order valence-electron chi connectivity index (χ2n) is 6.58. The van der Waals surface area contributed by atoms with E-state index < -0.39 is 22.1 Å². The molecule has 27 heavy (non-hydrogen) atoms. The van der Waals surface area contributed by atoms with Crippen molar-refractivity contribution in [1.29, 1.82) is 0 Å². The Balaban J connectivity index is 1.81. The summed E-state index contributed by atoms with van der Waals surface area (Å²) in [5, 5.41) is 14.0. The molecule has 2 aromatic carbocycles. The quantitative estimate of drug-likeness (QED) is 0.743. The van der Waals surface area contributed by atoms with E-state index in [4.69, 9.17) is 0 Å². The summed E-state index contributed by atoms with van der Waals surface area (Å²) in [5.74, 6) is -0.0327. The van der Waals surface area contributed by atoms with Gasteiger partial charge in [-0.3, -0.25) is 0 Å². The minimum Gasteiger partial charge on any atom is -0.207 e. The van der Waals surface area contributed by atoms with E-state index in [1.54, 1.807) is 36.4 Å². The van der Waals surface area contributed by atoms with Crippen LogP contribution in [0.25, 0.3) is 0 Å². The summed E-state index contributed by atoms with van der Waals surface area (Å²) in [5.41, 5.74) is 1.71. The molecular formula is C18H18FN5O2S. The van der Waals surface area contributed by atoms with E-state index >= 15 is 0 Å². The molecule has 0 spiro atoms. The lowest BCUT2D eigenvalue weighted by atomic mass is 10.1. The Morgan fingerprint density at radius 2 is 1.70 bits per heavy atom. The zero-order valence-electron chi connectivity index (χ0n) is 14.6. The number of aromatic nitrogens is 4. The van der Waals surface area contributed by atoms with Gasteiger partial charge in [0.15, 0.2) is 5.82 Å². The van der Waals surface area contributed by atoms with E-state index in [2.05, 4.69) is 20.6 Å². The van der Waals surface area contributed by atoms with Crippen molar-refractivity contribution in [2.45, 2.75) is 36.7 Å². The predicted octanol–water partition coefficient (Wildman–Crippen LogP) is 2.91. The molecule has 0 saturated carbocycles. The average molecular weight is 387 g/mol. The highest BCUT2D eigenvalue weighted by molar-refractivity contribution is 7.89. The fraction of sp³-hybridized carbons (Fsp3) is 0.278. The number of hydrogen-bond acceptors (Lipinski definition) is 5. The van der Waals surface area contributed by atoms with Crippen molar-refractivity contribution in [1.82, 2.24) is 24.9 Å². The van der Waals surface area contributed by atoms with Crippen molar-refractivity contribution < 1.29 is 12.8 Å². The number of tetrazole rings is 1. The minimum atomic E-state index is -3.82. The zero-order valence-corrected chi connectivity index (χ0v) is 15.4. The molecule has 1 N–H and O–H groups in total. The molecule has 7 nitrogen and oxygen atoms in total. The fourth-order valence-electron chi connectivity index (χ4n) is 3.51. The first-order valence-corrected chi connectivity index (χ1v) is 10.00. The van der Waals surface area contributed by atoms with Gasteiger partial charge in [-0.15, -0.1) is 10.2 Å². The fourth-order valence-corrected chi connectivity index (χ4v) is 5.33. The first kappa shape index (κ1) is 17.7. The van der Waals surface area contributed by atoms with Gasteiger partial charge >= 0.3 is 0 Å². The molecule has 140 valence electrons. The topological polar surface area (TPSA) is 91.8 Å². The standard InChI is InChI=1S/C18H18FN5O2S/c1-12-2-8-15(9-3-12)27(25,26)24-16(13-4-6-14(19)7-5-13)10-11-17(24)18-20-22-23-21-18/h2-9,16-17H,10-11H2,1H3,(H,20,21,22,23). The largest absolute Gasteiger partial charge is 0.244 e. The molecular weight excluding hydrogens is 369 g/mol. The van der Waals surface area contributed by atoms with Crippen molar-refractivity contribution in [2.75, 3.05) is 0 Å². The number of aryl methyl sites for hydroxylation is 1. The van der Waals surface area contributed by atoms with Crippen LogP contribution in [0.2, 0.25) is 0 Å². The lowest BCUT2D eigenvalue weighted by Gasteiger charge is -2.28. The highest BCUT2D eigenvalue weighted by atomic mass is 32.2. The van der Waals surface area contributed by atoms with Crippen molar-refractivity contribution in [3.8, 4) is 0 Å². The summed E-state index contributed by atoms with van der Waals surface area (Å²) in [6.07, 6.45) is 1.13. The Labute approximate surface area is 156 Å². The van der Waals surface area contributed by atoms with E-state index in [-0.39, 0.29) is 10.7 Å². The van der Waals surface area contributed by atoms with Gasteiger partial charge in [-0.05, 0) is 49.6 Å². The molecule has 0 aliphatic carbocycles. The van der Waals surface area contributed by atoms with Crippen LogP contribution in [0.5, 0.6) is 0 Å². The molecule has 1 aromatic heterocycles. The maximum absolute atomic E-state index is 13.5. The molecule has 4 rings (SSSR count). The lowest BCUT2D eigenvalue weighted by molar-refractivity contribution is 0.321. The van der Waals surface area contributed by atoms with Gasteiger partial charge in [0, 0.05) is 0 Å². The Morgan fingerprint density at radius 3 is 2.33 bits per heavy atom. The molecule has 1 aliphatic heterocycles. The third kappa shape index (κ3) is 3.24. The monoisotopic (exact) mass is 387 g/mol. The highest BCUT2D eigenvalue weighted by Gasteiger charge is 2.45. The maximum Gasteiger partial charge on any atom is 0.244 e. The lowest BCUT2D eigenvalue weighted by Crippen LogP contribution is -2.33. The van der Waals surface area contributed by atoms with Crippen LogP contribution in [0.3, 0.4) is 0 Å². The van der Waals surface area contributed by atoms with Crippen LogP contribution >= 0.6 is 0 Å². The molecule has 0 amide bonds. The van der Waals surface area contributed by atoms with E-state index in [0.29, 0.717) is 18.7 Å². The van der Waals surface area contributed by atoms with Gasteiger partial charge in [0.25, 0.3) is 0 Å². The summed E-state index contributed by atoms with van der Waals surface area (Å²) in [6.45, 7) is 1.90. The molecule has 1 aliphatic rings. The third-order valence-electron chi connectivity index (χ3n) is 4.84. The summed E-state index contributed by atoms with van der Waals surface area (Å²) in [6, 6.07) is 11.7. The average Bonchev–Trinajstić information content (AvgIpc) is 3.32. The van der Waals surface area contributed by atoms with Crippen LogP contribution in [0.4, 0.5) is 4.39 Å². The van der Waals surface area contributed by atoms with Gasteiger partial charge in [-0.25, -0.2) is 12.8 Å². The van der Waals surface area contributed by atoms with Crippen molar-refractivity contribution in [2.24, 2.45) is 0 Å². The number of rotatable bonds is 4. The second kappa shape index (κ2) is 6.82. The Kier molecular flexibility index (Phi) is 4.48. The van der Waals surface area contributed by atoms with Crippen LogP contribution in [-0.2, 0) is 10.0 Å². The smallest absolute Gasteiger partial charge is 0.207 e.